The van der Waals surface area contributed by atoms with Crippen LogP contribution in [-0.2, 0) is 0 Å². The summed E-state index contributed by atoms with van der Waals surface area (Å²) in [6, 6.07) is 9.25. The van der Waals surface area contributed by atoms with Gasteiger partial charge in [-0.1, -0.05) is 36.8 Å². The summed E-state index contributed by atoms with van der Waals surface area (Å²) >= 11 is 0. The van der Waals surface area contributed by atoms with Gasteiger partial charge in [-0.2, -0.15) is 0 Å². The van der Waals surface area contributed by atoms with Crippen molar-refractivity contribution >= 4 is 5.91 Å². The third-order valence-electron chi connectivity index (χ3n) is 2.31. The molecular formula is C13H17NO. The van der Waals surface area contributed by atoms with E-state index in [2.05, 4.69) is 19.2 Å². The van der Waals surface area contributed by atoms with Crippen LogP contribution in [0.4, 0.5) is 0 Å². The van der Waals surface area contributed by atoms with Crippen molar-refractivity contribution in [3.8, 4) is 0 Å². The summed E-state index contributed by atoms with van der Waals surface area (Å²) in [5.41, 5.74) is 2.00. The second kappa shape index (κ2) is 6.02. The molecule has 0 aliphatic rings. The molecule has 0 aliphatic carbocycles. The summed E-state index contributed by atoms with van der Waals surface area (Å²) in [6.07, 6.45) is 3.07. The largest absolute Gasteiger partial charge is 0.349 e. The van der Waals surface area contributed by atoms with Crippen LogP contribution in [0.3, 0.4) is 0 Å². The number of hydrogen-bond acceptors (Lipinski definition) is 1. The van der Waals surface area contributed by atoms with Crippen molar-refractivity contribution in [2.75, 3.05) is 6.54 Å². The minimum absolute atomic E-state index is 0.0178. The quantitative estimate of drug-likeness (QED) is 0.749. The summed E-state index contributed by atoms with van der Waals surface area (Å²) in [5, 5.41) is 2.85. The fourth-order valence-electron chi connectivity index (χ4n) is 1.15. The Morgan fingerprint density at radius 3 is 2.60 bits per heavy atom. The van der Waals surface area contributed by atoms with Crippen molar-refractivity contribution in [1.29, 1.82) is 0 Å². The van der Waals surface area contributed by atoms with Crippen LogP contribution in [0.15, 0.2) is 42.0 Å². The number of carbonyl (C=O) groups excluding carboxylic acids is 1. The lowest BCUT2D eigenvalue weighted by Gasteiger charge is -2.02. The Hall–Kier alpha value is -1.57. The predicted molar refractivity (Wildman–Crippen MR) is 62.8 cm³/mol. The zero-order chi connectivity index (χ0) is 11.1. The number of nitrogens with one attached hydrogen (secondary N) is 1. The number of carbonyl (C=O) groups is 1. The molecule has 0 heterocycles. The molecule has 0 fully saturated rings. The topological polar surface area (TPSA) is 29.1 Å². The number of benzene rings is 1. The Bertz CT molecular complexity index is 341. The zero-order valence-corrected chi connectivity index (χ0v) is 9.29. The summed E-state index contributed by atoms with van der Waals surface area (Å²) < 4.78 is 0. The summed E-state index contributed by atoms with van der Waals surface area (Å²) in [5.74, 6) is -0.0178. The van der Waals surface area contributed by atoms with Gasteiger partial charge in [-0.25, -0.2) is 0 Å². The van der Waals surface area contributed by atoms with Gasteiger partial charge >= 0.3 is 0 Å². The van der Waals surface area contributed by atoms with E-state index in [0.717, 1.165) is 6.42 Å². The molecule has 2 heteroatoms. The highest BCUT2D eigenvalue weighted by Gasteiger charge is 2.01. The lowest BCUT2D eigenvalue weighted by atomic mass is 10.2. The SMILES string of the molecule is CCC(C)=CCNC(=O)c1ccccc1. The Balaban J connectivity index is 2.44. The van der Waals surface area contributed by atoms with E-state index in [1.165, 1.54) is 5.57 Å². The molecule has 1 rings (SSSR count). The highest BCUT2D eigenvalue weighted by Crippen LogP contribution is 1.99. The van der Waals surface area contributed by atoms with Crippen molar-refractivity contribution in [3.63, 3.8) is 0 Å². The molecule has 15 heavy (non-hydrogen) atoms. The van der Waals surface area contributed by atoms with Gasteiger partial charge in [-0.15, -0.1) is 0 Å². The van der Waals surface area contributed by atoms with Gasteiger partial charge in [0, 0.05) is 12.1 Å². The van der Waals surface area contributed by atoms with Gasteiger partial charge < -0.3 is 5.32 Å². The van der Waals surface area contributed by atoms with Gasteiger partial charge in [-0.05, 0) is 25.5 Å². The van der Waals surface area contributed by atoms with Crippen molar-refractivity contribution in [2.24, 2.45) is 0 Å². The second-order valence-electron chi connectivity index (χ2n) is 3.48. The monoisotopic (exact) mass is 203 g/mol. The Morgan fingerprint density at radius 1 is 1.33 bits per heavy atom. The van der Waals surface area contributed by atoms with Crippen molar-refractivity contribution in [1.82, 2.24) is 5.32 Å². The molecule has 0 radical (unpaired) electrons. The van der Waals surface area contributed by atoms with Gasteiger partial charge in [0.1, 0.15) is 0 Å². The first-order valence-electron chi connectivity index (χ1n) is 5.23. The highest BCUT2D eigenvalue weighted by molar-refractivity contribution is 5.94. The van der Waals surface area contributed by atoms with E-state index in [4.69, 9.17) is 0 Å². The predicted octanol–water partition coefficient (Wildman–Crippen LogP) is 2.77. The molecule has 1 N–H and O–H groups in total. The van der Waals surface area contributed by atoms with Gasteiger partial charge in [0.15, 0.2) is 0 Å². The van der Waals surface area contributed by atoms with Crippen molar-refractivity contribution < 1.29 is 4.79 Å². The minimum atomic E-state index is -0.0178. The Labute approximate surface area is 91.0 Å². The fraction of sp³-hybridized carbons (Fsp3) is 0.308. The van der Waals surface area contributed by atoms with E-state index < -0.39 is 0 Å². The van der Waals surface area contributed by atoms with Gasteiger partial charge in [0.2, 0.25) is 0 Å². The summed E-state index contributed by atoms with van der Waals surface area (Å²) in [6.45, 7) is 4.77. The maximum Gasteiger partial charge on any atom is 0.251 e. The van der Waals surface area contributed by atoms with Crippen LogP contribution in [0.25, 0.3) is 0 Å². The molecule has 0 spiro atoms. The third kappa shape index (κ3) is 3.98. The molecule has 0 saturated heterocycles. The molecule has 0 unspecified atom stereocenters. The molecule has 0 aliphatic heterocycles. The summed E-state index contributed by atoms with van der Waals surface area (Å²) in [7, 11) is 0. The van der Waals surface area contributed by atoms with Crippen LogP contribution < -0.4 is 5.32 Å². The zero-order valence-electron chi connectivity index (χ0n) is 9.29. The summed E-state index contributed by atoms with van der Waals surface area (Å²) in [4.78, 5) is 11.6. The van der Waals surface area contributed by atoms with Crippen LogP contribution >= 0.6 is 0 Å². The van der Waals surface area contributed by atoms with E-state index in [0.29, 0.717) is 12.1 Å². The average molecular weight is 203 g/mol. The molecule has 0 atom stereocenters. The molecular weight excluding hydrogens is 186 g/mol. The van der Waals surface area contributed by atoms with Crippen LogP contribution in [0.5, 0.6) is 0 Å². The fourth-order valence-corrected chi connectivity index (χ4v) is 1.15. The van der Waals surface area contributed by atoms with Crippen molar-refractivity contribution in [2.45, 2.75) is 20.3 Å². The molecule has 1 aromatic carbocycles. The van der Waals surface area contributed by atoms with Crippen molar-refractivity contribution in [3.05, 3.63) is 47.5 Å². The Morgan fingerprint density at radius 2 is 2.00 bits per heavy atom. The third-order valence-corrected chi connectivity index (χ3v) is 2.31. The first-order valence-corrected chi connectivity index (χ1v) is 5.23. The number of hydrogen-bond donors (Lipinski definition) is 1. The maximum absolute atomic E-state index is 11.6. The van der Waals surface area contributed by atoms with Crippen LogP contribution in [0.1, 0.15) is 30.6 Å². The standard InChI is InChI=1S/C13H17NO/c1-3-11(2)9-10-14-13(15)12-7-5-4-6-8-12/h4-9H,3,10H2,1-2H3,(H,14,15). The first kappa shape index (κ1) is 11.5. The Kier molecular flexibility index (Phi) is 4.61. The maximum atomic E-state index is 11.6. The molecule has 1 aromatic rings. The van der Waals surface area contributed by atoms with E-state index in [-0.39, 0.29) is 5.91 Å². The smallest absolute Gasteiger partial charge is 0.251 e. The number of rotatable bonds is 4. The van der Waals surface area contributed by atoms with E-state index >= 15 is 0 Å². The first-order chi connectivity index (χ1) is 7.24. The molecule has 80 valence electrons. The van der Waals surface area contributed by atoms with Crippen LogP contribution in [-0.4, -0.2) is 12.5 Å². The minimum Gasteiger partial charge on any atom is -0.349 e. The number of allylic oxidation sites excluding steroid dienone is 1. The molecule has 1 amide bonds. The second-order valence-corrected chi connectivity index (χ2v) is 3.48. The molecule has 0 saturated carbocycles. The van der Waals surface area contributed by atoms with Gasteiger partial charge in [0.05, 0.1) is 0 Å². The lowest BCUT2D eigenvalue weighted by molar-refractivity contribution is 0.0958. The average Bonchev–Trinajstić information content (AvgIpc) is 2.29. The normalized spacial score (nSPS) is 11.2. The van der Waals surface area contributed by atoms with E-state index in [1.807, 2.05) is 36.4 Å². The van der Waals surface area contributed by atoms with Gasteiger partial charge in [-0.3, -0.25) is 4.79 Å². The highest BCUT2D eigenvalue weighted by atomic mass is 16.1. The van der Waals surface area contributed by atoms with E-state index in [1.54, 1.807) is 0 Å². The lowest BCUT2D eigenvalue weighted by Crippen LogP contribution is -2.23. The number of amides is 1. The van der Waals surface area contributed by atoms with Crippen LogP contribution in [0, 0.1) is 0 Å². The molecule has 0 bridgehead atoms. The van der Waals surface area contributed by atoms with Gasteiger partial charge in [0.25, 0.3) is 5.91 Å². The van der Waals surface area contributed by atoms with E-state index in [9.17, 15) is 4.79 Å². The van der Waals surface area contributed by atoms with Crippen LogP contribution in [0.2, 0.25) is 0 Å². The molecule has 2 nitrogen and oxygen atoms in total. The molecule has 0 aromatic heterocycles.